The van der Waals surface area contributed by atoms with Gasteiger partial charge < -0.3 is 10.4 Å². The van der Waals surface area contributed by atoms with Gasteiger partial charge in [0.15, 0.2) is 6.35 Å². The molecule has 0 saturated heterocycles. The maximum absolute atomic E-state index is 12.9. The second kappa shape index (κ2) is 10.3. The number of hydrogen-bond acceptors (Lipinski definition) is 8. The molecule has 0 spiro atoms. The van der Waals surface area contributed by atoms with E-state index >= 15 is 0 Å². The number of rotatable bonds is 10. The zero-order valence-corrected chi connectivity index (χ0v) is 17.2. The van der Waals surface area contributed by atoms with Crippen molar-refractivity contribution in [1.82, 2.24) is 20.8 Å². The highest BCUT2D eigenvalue weighted by Gasteiger charge is 2.33. The number of para-hydroxylation sites is 1. The number of aliphatic hydroxyl groups is 1. The number of aliphatic hydroxyl groups excluding tert-OH is 1. The monoisotopic (exact) mass is 429 g/mol. The Kier molecular flexibility index (Phi) is 7.52. The number of unbranched alkanes of at least 4 members (excludes halogenated alkanes) is 1. The molecule has 0 fully saturated rings. The standard InChI is InChI=1S/C20H23N5O4S/c1-21-20(29)22-9-5-6-10-30-14-11-13(26)16-15(18(14)27)17(25-24-16)19(28)23-12-7-3-2-4-8-12/h2-4,7-8,11,20-22,29H,5-6,9-10H2,1H3,(H,23,28)(H,24,25). The van der Waals surface area contributed by atoms with Crippen LogP contribution in [0.3, 0.4) is 0 Å². The molecule has 1 aromatic heterocycles. The van der Waals surface area contributed by atoms with Crippen molar-refractivity contribution >= 4 is 34.9 Å². The Hall–Kier alpha value is -2.79. The summed E-state index contributed by atoms with van der Waals surface area (Å²) in [5.41, 5.74) is 0.524. The molecular weight excluding hydrogens is 406 g/mol. The maximum atomic E-state index is 12.9. The molecule has 1 amide bonds. The van der Waals surface area contributed by atoms with Gasteiger partial charge in [0.1, 0.15) is 11.4 Å². The van der Waals surface area contributed by atoms with Crippen molar-refractivity contribution in [3.8, 4) is 0 Å². The Morgan fingerprint density at radius 1 is 1.23 bits per heavy atom. The first kappa shape index (κ1) is 21.9. The minimum absolute atomic E-state index is 0.0113. The summed E-state index contributed by atoms with van der Waals surface area (Å²) in [7, 11) is 1.64. The number of ketones is 2. The molecule has 10 heteroatoms. The Morgan fingerprint density at radius 2 is 2.00 bits per heavy atom. The summed E-state index contributed by atoms with van der Waals surface area (Å²) in [6.07, 6.45) is 2.10. The molecule has 0 saturated carbocycles. The number of anilines is 1. The number of Topliss-reactive ketones (excluding diaryl/α,β-unsaturated/α-hetero) is 1. The summed E-state index contributed by atoms with van der Waals surface area (Å²) in [6.45, 7) is 0.615. The SMILES string of the molecule is CNC(O)NCCCCSC1=CC(=O)c2n[nH]c(C(=O)Nc3ccccc3)c2C1=O. The first-order valence-corrected chi connectivity index (χ1v) is 10.5. The minimum atomic E-state index is -0.752. The largest absolute Gasteiger partial charge is 0.365 e. The summed E-state index contributed by atoms with van der Waals surface area (Å²) in [4.78, 5) is 38.2. The molecule has 3 rings (SSSR count). The van der Waals surface area contributed by atoms with Gasteiger partial charge in [-0.25, -0.2) is 0 Å². The zero-order valence-electron chi connectivity index (χ0n) is 16.4. The molecule has 1 atom stereocenters. The molecule has 1 heterocycles. The zero-order chi connectivity index (χ0) is 21.5. The molecule has 1 unspecified atom stereocenters. The number of hydrogen-bond donors (Lipinski definition) is 5. The summed E-state index contributed by atoms with van der Waals surface area (Å²) >= 11 is 1.28. The molecule has 30 heavy (non-hydrogen) atoms. The van der Waals surface area contributed by atoms with Crippen LogP contribution in [-0.2, 0) is 0 Å². The number of nitrogens with one attached hydrogen (secondary N) is 4. The predicted molar refractivity (Wildman–Crippen MR) is 114 cm³/mol. The highest BCUT2D eigenvalue weighted by molar-refractivity contribution is 8.04. The first-order valence-electron chi connectivity index (χ1n) is 9.48. The van der Waals surface area contributed by atoms with E-state index in [0.717, 1.165) is 12.8 Å². The van der Waals surface area contributed by atoms with Gasteiger partial charge in [0, 0.05) is 11.8 Å². The number of aromatic amines is 1. The maximum Gasteiger partial charge on any atom is 0.274 e. The second-order valence-electron chi connectivity index (χ2n) is 6.55. The molecule has 5 N–H and O–H groups in total. The molecule has 0 aliphatic heterocycles. The summed E-state index contributed by atoms with van der Waals surface area (Å²) < 4.78 is 0. The lowest BCUT2D eigenvalue weighted by Gasteiger charge is -2.13. The third-order valence-corrected chi connectivity index (χ3v) is 5.52. The Bertz CT molecular complexity index is 957. The van der Waals surface area contributed by atoms with E-state index in [-0.39, 0.29) is 22.7 Å². The normalized spacial score (nSPS) is 14.3. The van der Waals surface area contributed by atoms with Crippen LogP contribution in [0.15, 0.2) is 41.3 Å². The average Bonchev–Trinajstić information content (AvgIpc) is 3.20. The van der Waals surface area contributed by atoms with Crippen LogP contribution in [0.2, 0.25) is 0 Å². The number of allylic oxidation sites excluding steroid dienone is 2. The quantitative estimate of drug-likeness (QED) is 0.283. The van der Waals surface area contributed by atoms with Crippen LogP contribution < -0.4 is 16.0 Å². The highest BCUT2D eigenvalue weighted by Crippen LogP contribution is 2.30. The molecule has 1 aliphatic carbocycles. The van der Waals surface area contributed by atoms with E-state index in [9.17, 15) is 19.5 Å². The van der Waals surface area contributed by atoms with Gasteiger partial charge in [-0.15, -0.1) is 11.8 Å². The molecule has 9 nitrogen and oxygen atoms in total. The van der Waals surface area contributed by atoms with Crippen molar-refractivity contribution in [2.24, 2.45) is 0 Å². The first-order chi connectivity index (χ1) is 14.5. The topological polar surface area (TPSA) is 136 Å². The van der Waals surface area contributed by atoms with Crippen LogP contribution in [0.25, 0.3) is 0 Å². The lowest BCUT2D eigenvalue weighted by Crippen LogP contribution is -2.40. The van der Waals surface area contributed by atoms with Crippen LogP contribution in [-0.4, -0.2) is 58.5 Å². The van der Waals surface area contributed by atoms with Gasteiger partial charge in [0.2, 0.25) is 11.6 Å². The third kappa shape index (κ3) is 5.22. The Morgan fingerprint density at radius 3 is 2.73 bits per heavy atom. The van der Waals surface area contributed by atoms with Crippen LogP contribution in [0, 0.1) is 0 Å². The molecule has 158 valence electrons. The van der Waals surface area contributed by atoms with E-state index in [0.29, 0.717) is 22.9 Å². The van der Waals surface area contributed by atoms with Crippen LogP contribution in [0.5, 0.6) is 0 Å². The van der Waals surface area contributed by atoms with Crippen LogP contribution in [0.4, 0.5) is 5.69 Å². The van der Waals surface area contributed by atoms with Gasteiger partial charge in [-0.2, -0.15) is 5.10 Å². The number of carbonyl (C=O) groups excluding carboxylic acids is 3. The molecule has 2 aromatic rings. The van der Waals surface area contributed by atoms with Crippen LogP contribution >= 0.6 is 11.8 Å². The van der Waals surface area contributed by atoms with E-state index in [4.69, 9.17) is 0 Å². The van der Waals surface area contributed by atoms with Gasteiger partial charge in [-0.05, 0) is 44.3 Å². The van der Waals surface area contributed by atoms with Crippen molar-refractivity contribution < 1.29 is 19.5 Å². The number of nitrogens with zero attached hydrogens (tertiary/aromatic N) is 1. The number of benzene rings is 1. The Labute approximate surface area is 177 Å². The lowest BCUT2D eigenvalue weighted by atomic mass is 9.99. The fourth-order valence-electron chi connectivity index (χ4n) is 2.85. The van der Waals surface area contributed by atoms with Gasteiger partial charge in [-0.3, -0.25) is 30.1 Å². The van der Waals surface area contributed by atoms with E-state index < -0.39 is 18.0 Å². The van der Waals surface area contributed by atoms with Crippen molar-refractivity contribution in [2.45, 2.75) is 19.2 Å². The molecule has 1 aromatic carbocycles. The second-order valence-corrected chi connectivity index (χ2v) is 7.68. The van der Waals surface area contributed by atoms with Crippen LogP contribution in [0.1, 0.15) is 44.2 Å². The number of thioether (sulfide) groups is 1. The lowest BCUT2D eigenvalue weighted by molar-refractivity contribution is 0.0979. The number of H-pyrrole nitrogens is 1. The van der Waals surface area contributed by atoms with Crippen molar-refractivity contribution in [1.29, 1.82) is 0 Å². The van der Waals surface area contributed by atoms with Gasteiger partial charge in [0.25, 0.3) is 5.91 Å². The van der Waals surface area contributed by atoms with E-state index in [1.54, 1.807) is 31.3 Å². The number of amides is 1. The molecule has 0 radical (unpaired) electrons. The smallest absolute Gasteiger partial charge is 0.274 e. The van der Waals surface area contributed by atoms with E-state index in [2.05, 4.69) is 26.1 Å². The van der Waals surface area contributed by atoms with Gasteiger partial charge >= 0.3 is 0 Å². The highest BCUT2D eigenvalue weighted by atomic mass is 32.2. The summed E-state index contributed by atoms with van der Waals surface area (Å²) in [6, 6.07) is 8.82. The number of fused-ring (bicyclic) bond motifs is 1. The molecule has 1 aliphatic rings. The summed E-state index contributed by atoms with van der Waals surface area (Å²) in [5.74, 6) is -0.691. The molecular formula is C20H23N5O4S. The fraction of sp³-hybridized carbons (Fsp3) is 0.300. The Balaban J connectivity index is 1.62. The van der Waals surface area contributed by atoms with Gasteiger partial charge in [-0.1, -0.05) is 18.2 Å². The third-order valence-electron chi connectivity index (χ3n) is 4.41. The fourth-order valence-corrected chi connectivity index (χ4v) is 3.85. The number of carbonyl (C=O) groups is 3. The van der Waals surface area contributed by atoms with Crippen molar-refractivity contribution in [3.63, 3.8) is 0 Å². The van der Waals surface area contributed by atoms with Gasteiger partial charge in [0.05, 0.1) is 10.5 Å². The molecule has 0 bridgehead atoms. The summed E-state index contributed by atoms with van der Waals surface area (Å²) in [5, 5.41) is 24.0. The van der Waals surface area contributed by atoms with E-state index in [1.165, 1.54) is 17.8 Å². The number of aromatic nitrogens is 2. The van der Waals surface area contributed by atoms with Crippen molar-refractivity contribution in [3.05, 3.63) is 58.3 Å². The minimum Gasteiger partial charge on any atom is -0.365 e. The predicted octanol–water partition coefficient (Wildman–Crippen LogP) is 1.52. The average molecular weight is 430 g/mol. The van der Waals surface area contributed by atoms with Crippen molar-refractivity contribution in [2.75, 3.05) is 24.7 Å². The van der Waals surface area contributed by atoms with E-state index in [1.807, 2.05) is 6.07 Å².